The fraction of sp³-hybridized carbons (Fsp3) is 0.812. The SMILES string of the molecule is CCCNC(c1cnn(CC)c1)C1C2CCCCC21. The van der Waals surface area contributed by atoms with Crippen LogP contribution in [0.4, 0.5) is 0 Å². The van der Waals surface area contributed by atoms with Gasteiger partial charge in [0, 0.05) is 24.3 Å². The predicted octanol–water partition coefficient (Wildman–Crippen LogP) is 3.38. The molecule has 0 aromatic carbocycles. The average Bonchev–Trinajstić information content (AvgIpc) is 2.96. The fourth-order valence-electron chi connectivity index (χ4n) is 4.03. The molecular weight excluding hydrogens is 234 g/mol. The highest BCUT2D eigenvalue weighted by Crippen LogP contribution is 2.60. The summed E-state index contributed by atoms with van der Waals surface area (Å²) in [5.74, 6) is 2.87. The molecule has 2 fully saturated rings. The molecule has 3 nitrogen and oxygen atoms in total. The Balaban J connectivity index is 1.74. The zero-order valence-electron chi connectivity index (χ0n) is 12.3. The van der Waals surface area contributed by atoms with E-state index in [9.17, 15) is 0 Å². The molecule has 0 spiro atoms. The topological polar surface area (TPSA) is 29.9 Å². The number of nitrogens with zero attached hydrogens (tertiary/aromatic N) is 2. The van der Waals surface area contributed by atoms with Crippen molar-refractivity contribution in [2.45, 2.75) is 58.5 Å². The number of nitrogens with one attached hydrogen (secondary N) is 1. The van der Waals surface area contributed by atoms with E-state index in [1.54, 1.807) is 0 Å². The Labute approximate surface area is 116 Å². The number of hydrogen-bond acceptors (Lipinski definition) is 2. The minimum Gasteiger partial charge on any atom is -0.310 e. The maximum Gasteiger partial charge on any atom is 0.0537 e. The summed E-state index contributed by atoms with van der Waals surface area (Å²) >= 11 is 0. The molecule has 106 valence electrons. The smallest absolute Gasteiger partial charge is 0.0537 e. The standard InChI is InChI=1S/C16H27N3/c1-3-9-17-16(12-10-18-19(4-2)11-12)15-13-7-5-6-8-14(13)15/h10-11,13-17H,3-9H2,1-2H3. The van der Waals surface area contributed by atoms with E-state index < -0.39 is 0 Å². The second-order valence-electron chi connectivity index (χ2n) is 6.25. The summed E-state index contributed by atoms with van der Waals surface area (Å²) in [5.41, 5.74) is 1.41. The van der Waals surface area contributed by atoms with Gasteiger partial charge in [-0.15, -0.1) is 0 Å². The Kier molecular flexibility index (Phi) is 3.92. The van der Waals surface area contributed by atoms with Crippen molar-refractivity contribution in [2.24, 2.45) is 17.8 Å². The fourth-order valence-corrected chi connectivity index (χ4v) is 4.03. The van der Waals surface area contributed by atoms with Gasteiger partial charge in [0.05, 0.1) is 6.20 Å². The monoisotopic (exact) mass is 261 g/mol. The van der Waals surface area contributed by atoms with E-state index in [1.165, 1.54) is 37.7 Å². The number of aryl methyl sites for hydroxylation is 1. The molecule has 1 heterocycles. The second-order valence-corrected chi connectivity index (χ2v) is 6.25. The zero-order chi connectivity index (χ0) is 13.2. The molecule has 3 heteroatoms. The predicted molar refractivity (Wildman–Crippen MR) is 77.9 cm³/mol. The van der Waals surface area contributed by atoms with Gasteiger partial charge in [-0.25, -0.2) is 0 Å². The molecule has 2 aliphatic rings. The molecule has 0 amide bonds. The molecule has 0 saturated heterocycles. The maximum atomic E-state index is 4.47. The van der Waals surface area contributed by atoms with Crippen LogP contribution in [-0.2, 0) is 6.54 Å². The number of rotatable bonds is 6. The van der Waals surface area contributed by atoms with Crippen LogP contribution < -0.4 is 5.32 Å². The lowest BCUT2D eigenvalue weighted by molar-refractivity contribution is 0.445. The van der Waals surface area contributed by atoms with Gasteiger partial charge >= 0.3 is 0 Å². The molecule has 2 aliphatic carbocycles. The third-order valence-electron chi connectivity index (χ3n) is 5.06. The average molecular weight is 261 g/mol. The summed E-state index contributed by atoms with van der Waals surface area (Å²) in [4.78, 5) is 0. The lowest BCUT2D eigenvalue weighted by Crippen LogP contribution is -2.24. The largest absolute Gasteiger partial charge is 0.310 e. The lowest BCUT2D eigenvalue weighted by Gasteiger charge is -2.17. The first-order valence-corrected chi connectivity index (χ1v) is 8.10. The molecule has 0 bridgehead atoms. The zero-order valence-corrected chi connectivity index (χ0v) is 12.3. The van der Waals surface area contributed by atoms with Crippen LogP contribution in [0.15, 0.2) is 12.4 Å². The minimum absolute atomic E-state index is 0.549. The third kappa shape index (κ3) is 2.58. The van der Waals surface area contributed by atoms with E-state index in [2.05, 4.69) is 41.3 Å². The molecule has 0 aliphatic heterocycles. The van der Waals surface area contributed by atoms with Crippen molar-refractivity contribution < 1.29 is 0 Å². The first-order valence-electron chi connectivity index (χ1n) is 8.10. The van der Waals surface area contributed by atoms with Crippen molar-refractivity contribution in [1.29, 1.82) is 0 Å². The van der Waals surface area contributed by atoms with Gasteiger partial charge < -0.3 is 5.32 Å². The van der Waals surface area contributed by atoms with Gasteiger partial charge in [0.25, 0.3) is 0 Å². The number of fused-ring (bicyclic) bond motifs is 1. The van der Waals surface area contributed by atoms with Crippen molar-refractivity contribution in [3.8, 4) is 0 Å². The van der Waals surface area contributed by atoms with Crippen LogP contribution in [-0.4, -0.2) is 16.3 Å². The summed E-state index contributed by atoms with van der Waals surface area (Å²) < 4.78 is 2.06. The molecule has 3 atom stereocenters. The summed E-state index contributed by atoms with van der Waals surface area (Å²) in [7, 11) is 0. The first kappa shape index (κ1) is 13.2. The van der Waals surface area contributed by atoms with E-state index in [0.29, 0.717) is 6.04 Å². The molecule has 3 unspecified atom stereocenters. The van der Waals surface area contributed by atoms with Gasteiger partial charge in [-0.2, -0.15) is 5.10 Å². The van der Waals surface area contributed by atoms with Crippen molar-refractivity contribution >= 4 is 0 Å². The van der Waals surface area contributed by atoms with E-state index in [4.69, 9.17) is 0 Å². The van der Waals surface area contributed by atoms with E-state index in [-0.39, 0.29) is 0 Å². The Morgan fingerprint density at radius 1 is 1.32 bits per heavy atom. The highest BCUT2D eigenvalue weighted by atomic mass is 15.3. The molecule has 1 N–H and O–H groups in total. The van der Waals surface area contributed by atoms with Crippen LogP contribution >= 0.6 is 0 Å². The van der Waals surface area contributed by atoms with Gasteiger partial charge in [-0.3, -0.25) is 4.68 Å². The first-order chi connectivity index (χ1) is 9.35. The Morgan fingerprint density at radius 3 is 2.63 bits per heavy atom. The number of hydrogen-bond donors (Lipinski definition) is 1. The summed E-state index contributed by atoms with van der Waals surface area (Å²) in [6.07, 6.45) is 11.4. The maximum absolute atomic E-state index is 4.47. The van der Waals surface area contributed by atoms with E-state index >= 15 is 0 Å². The Bertz CT molecular complexity index is 400. The molecule has 1 aromatic rings. The summed E-state index contributed by atoms with van der Waals surface area (Å²) in [6, 6.07) is 0.549. The summed E-state index contributed by atoms with van der Waals surface area (Å²) in [6.45, 7) is 6.50. The minimum atomic E-state index is 0.549. The van der Waals surface area contributed by atoms with Gasteiger partial charge in [0.1, 0.15) is 0 Å². The van der Waals surface area contributed by atoms with Crippen molar-refractivity contribution in [2.75, 3.05) is 6.54 Å². The van der Waals surface area contributed by atoms with Gasteiger partial charge in [-0.1, -0.05) is 19.8 Å². The van der Waals surface area contributed by atoms with Gasteiger partial charge in [0.2, 0.25) is 0 Å². The second kappa shape index (κ2) is 5.66. The van der Waals surface area contributed by atoms with E-state index in [1.807, 2.05) is 0 Å². The van der Waals surface area contributed by atoms with Crippen molar-refractivity contribution in [1.82, 2.24) is 15.1 Å². The molecule has 0 radical (unpaired) electrons. The molecule has 3 rings (SSSR count). The van der Waals surface area contributed by atoms with Crippen LogP contribution in [0.2, 0.25) is 0 Å². The molecule has 1 aromatic heterocycles. The van der Waals surface area contributed by atoms with Crippen molar-refractivity contribution in [3.63, 3.8) is 0 Å². The molecule has 19 heavy (non-hydrogen) atoms. The Hall–Kier alpha value is -0.830. The quantitative estimate of drug-likeness (QED) is 0.850. The van der Waals surface area contributed by atoms with Crippen molar-refractivity contribution in [3.05, 3.63) is 18.0 Å². The summed E-state index contributed by atoms with van der Waals surface area (Å²) in [5, 5.41) is 8.26. The van der Waals surface area contributed by atoms with Crippen LogP contribution in [0.1, 0.15) is 57.6 Å². The van der Waals surface area contributed by atoms with Gasteiger partial charge in [0.15, 0.2) is 0 Å². The lowest BCUT2D eigenvalue weighted by atomic mass is 10.0. The highest BCUT2D eigenvalue weighted by Gasteiger charge is 2.54. The molecule has 2 saturated carbocycles. The normalized spacial score (nSPS) is 30.9. The van der Waals surface area contributed by atoms with Crippen LogP contribution in [0, 0.1) is 17.8 Å². The van der Waals surface area contributed by atoms with Gasteiger partial charge in [-0.05, 0) is 50.5 Å². The van der Waals surface area contributed by atoms with Crippen LogP contribution in [0.3, 0.4) is 0 Å². The molecular formula is C16H27N3. The van der Waals surface area contributed by atoms with E-state index in [0.717, 1.165) is 30.8 Å². The third-order valence-corrected chi connectivity index (χ3v) is 5.06. The highest BCUT2D eigenvalue weighted by molar-refractivity contribution is 5.18. The van der Waals surface area contributed by atoms with Crippen LogP contribution in [0.5, 0.6) is 0 Å². The Morgan fingerprint density at radius 2 is 2.05 bits per heavy atom. The van der Waals surface area contributed by atoms with Crippen LogP contribution in [0.25, 0.3) is 0 Å². The number of aromatic nitrogens is 2.